The number of carbonyl (C=O) groups excluding carboxylic acids is 1. The van der Waals surface area contributed by atoms with Crippen molar-refractivity contribution in [2.75, 3.05) is 25.6 Å². The molecule has 0 radical (unpaired) electrons. The summed E-state index contributed by atoms with van der Waals surface area (Å²) in [4.78, 5) is 11.9. The second-order valence-corrected chi connectivity index (χ2v) is 5.13. The van der Waals surface area contributed by atoms with E-state index in [1.807, 2.05) is 19.9 Å². The van der Waals surface area contributed by atoms with Crippen LogP contribution in [0.5, 0.6) is 0 Å². The van der Waals surface area contributed by atoms with E-state index in [9.17, 15) is 4.79 Å². The SMILES string of the molecule is Cc1cc(C)c(C(=O)OCCOCC(C)C)cc1N. The molecule has 0 spiro atoms. The van der Waals surface area contributed by atoms with Crippen molar-refractivity contribution < 1.29 is 14.3 Å². The second kappa shape index (κ2) is 7.14. The van der Waals surface area contributed by atoms with Crippen molar-refractivity contribution >= 4 is 11.7 Å². The number of aryl methyl sites for hydroxylation is 2. The van der Waals surface area contributed by atoms with E-state index in [2.05, 4.69) is 13.8 Å². The van der Waals surface area contributed by atoms with Crippen LogP contribution < -0.4 is 5.73 Å². The number of carbonyl (C=O) groups is 1. The Balaban J connectivity index is 2.48. The van der Waals surface area contributed by atoms with E-state index in [1.165, 1.54) is 0 Å². The van der Waals surface area contributed by atoms with Crippen LogP contribution in [0, 0.1) is 19.8 Å². The number of nitrogen functional groups attached to an aromatic ring is 1. The highest BCUT2D eigenvalue weighted by molar-refractivity contribution is 5.92. The lowest BCUT2D eigenvalue weighted by molar-refractivity contribution is 0.0277. The summed E-state index contributed by atoms with van der Waals surface area (Å²) in [6.07, 6.45) is 0. The molecule has 0 unspecified atom stereocenters. The minimum Gasteiger partial charge on any atom is -0.460 e. The van der Waals surface area contributed by atoms with Gasteiger partial charge in [0.05, 0.1) is 12.2 Å². The van der Waals surface area contributed by atoms with Gasteiger partial charge in [-0.1, -0.05) is 19.9 Å². The van der Waals surface area contributed by atoms with Crippen molar-refractivity contribution in [1.82, 2.24) is 0 Å². The molecule has 106 valence electrons. The number of esters is 1. The molecule has 0 saturated carbocycles. The number of ether oxygens (including phenoxy) is 2. The predicted molar refractivity (Wildman–Crippen MR) is 76.3 cm³/mol. The Morgan fingerprint density at radius 2 is 1.89 bits per heavy atom. The fraction of sp³-hybridized carbons (Fsp3) is 0.533. The fourth-order valence-electron chi connectivity index (χ4n) is 1.68. The largest absolute Gasteiger partial charge is 0.460 e. The zero-order chi connectivity index (χ0) is 14.4. The Bertz CT molecular complexity index is 441. The quantitative estimate of drug-likeness (QED) is 0.488. The average Bonchev–Trinajstić information content (AvgIpc) is 2.32. The van der Waals surface area contributed by atoms with E-state index >= 15 is 0 Å². The molecule has 0 aromatic heterocycles. The summed E-state index contributed by atoms with van der Waals surface area (Å²) in [5.41, 5.74) is 8.77. The highest BCUT2D eigenvalue weighted by Crippen LogP contribution is 2.18. The summed E-state index contributed by atoms with van der Waals surface area (Å²) in [6, 6.07) is 3.56. The molecule has 0 heterocycles. The highest BCUT2D eigenvalue weighted by atomic mass is 16.6. The van der Waals surface area contributed by atoms with E-state index in [0.717, 1.165) is 11.1 Å². The third kappa shape index (κ3) is 4.91. The molecule has 0 atom stereocenters. The van der Waals surface area contributed by atoms with Crippen molar-refractivity contribution in [3.05, 3.63) is 28.8 Å². The number of anilines is 1. The Labute approximate surface area is 114 Å². The molecule has 4 nitrogen and oxygen atoms in total. The standard InChI is InChI=1S/C15H23NO3/c1-10(2)9-18-5-6-19-15(17)13-8-14(16)12(4)7-11(13)3/h7-8,10H,5-6,9,16H2,1-4H3. The first-order valence-corrected chi connectivity index (χ1v) is 6.53. The number of nitrogens with two attached hydrogens (primary N) is 1. The molecule has 19 heavy (non-hydrogen) atoms. The minimum absolute atomic E-state index is 0.263. The Hall–Kier alpha value is -1.55. The Morgan fingerprint density at radius 1 is 1.21 bits per heavy atom. The van der Waals surface area contributed by atoms with Crippen LogP contribution in [-0.4, -0.2) is 25.8 Å². The number of hydrogen-bond donors (Lipinski definition) is 1. The van der Waals surface area contributed by atoms with Crippen molar-refractivity contribution in [2.45, 2.75) is 27.7 Å². The number of hydrogen-bond acceptors (Lipinski definition) is 4. The Morgan fingerprint density at radius 3 is 2.53 bits per heavy atom. The fourth-order valence-corrected chi connectivity index (χ4v) is 1.68. The summed E-state index contributed by atoms with van der Waals surface area (Å²) in [6.45, 7) is 9.29. The lowest BCUT2D eigenvalue weighted by Crippen LogP contribution is -2.14. The zero-order valence-electron chi connectivity index (χ0n) is 12.2. The molecule has 0 aliphatic rings. The van der Waals surface area contributed by atoms with E-state index in [0.29, 0.717) is 30.4 Å². The van der Waals surface area contributed by atoms with Gasteiger partial charge < -0.3 is 15.2 Å². The van der Waals surface area contributed by atoms with Crippen LogP contribution in [0.2, 0.25) is 0 Å². The third-order valence-corrected chi connectivity index (χ3v) is 2.74. The summed E-state index contributed by atoms with van der Waals surface area (Å²) < 4.78 is 10.5. The van der Waals surface area contributed by atoms with Crippen LogP contribution in [0.3, 0.4) is 0 Å². The van der Waals surface area contributed by atoms with Gasteiger partial charge in [0.25, 0.3) is 0 Å². The molecule has 1 aromatic rings. The summed E-state index contributed by atoms with van der Waals surface area (Å²) >= 11 is 0. The monoisotopic (exact) mass is 265 g/mol. The molecular formula is C15H23NO3. The molecular weight excluding hydrogens is 242 g/mol. The van der Waals surface area contributed by atoms with Crippen LogP contribution in [-0.2, 0) is 9.47 Å². The van der Waals surface area contributed by atoms with Crippen molar-refractivity contribution in [2.24, 2.45) is 5.92 Å². The molecule has 0 saturated heterocycles. The molecule has 2 N–H and O–H groups in total. The van der Waals surface area contributed by atoms with E-state index in [4.69, 9.17) is 15.2 Å². The summed E-state index contributed by atoms with van der Waals surface area (Å²) in [5, 5.41) is 0. The van der Waals surface area contributed by atoms with Crippen LogP contribution in [0.15, 0.2) is 12.1 Å². The van der Waals surface area contributed by atoms with Gasteiger partial charge in [-0.05, 0) is 37.0 Å². The highest BCUT2D eigenvalue weighted by Gasteiger charge is 2.12. The van der Waals surface area contributed by atoms with Crippen LogP contribution in [0.1, 0.15) is 35.3 Å². The molecule has 0 aliphatic carbocycles. The van der Waals surface area contributed by atoms with E-state index < -0.39 is 0 Å². The van der Waals surface area contributed by atoms with Gasteiger partial charge in [-0.3, -0.25) is 0 Å². The topological polar surface area (TPSA) is 61.5 Å². The first-order chi connectivity index (χ1) is 8.91. The zero-order valence-corrected chi connectivity index (χ0v) is 12.2. The molecule has 4 heteroatoms. The van der Waals surface area contributed by atoms with E-state index in [1.54, 1.807) is 6.07 Å². The van der Waals surface area contributed by atoms with Crippen molar-refractivity contribution in [3.8, 4) is 0 Å². The predicted octanol–water partition coefficient (Wildman–Crippen LogP) is 2.72. The average molecular weight is 265 g/mol. The maximum absolute atomic E-state index is 11.9. The van der Waals surface area contributed by atoms with Crippen molar-refractivity contribution in [3.63, 3.8) is 0 Å². The van der Waals surface area contributed by atoms with Gasteiger partial charge in [-0.15, -0.1) is 0 Å². The smallest absolute Gasteiger partial charge is 0.338 e. The van der Waals surface area contributed by atoms with Gasteiger partial charge in [0.15, 0.2) is 0 Å². The summed E-state index contributed by atoms with van der Waals surface area (Å²) in [5.74, 6) is 0.132. The second-order valence-electron chi connectivity index (χ2n) is 5.13. The summed E-state index contributed by atoms with van der Waals surface area (Å²) in [7, 11) is 0. The lowest BCUT2D eigenvalue weighted by Gasteiger charge is -2.10. The van der Waals surface area contributed by atoms with E-state index in [-0.39, 0.29) is 12.6 Å². The van der Waals surface area contributed by atoms with Gasteiger partial charge in [0.2, 0.25) is 0 Å². The van der Waals surface area contributed by atoms with Gasteiger partial charge in [0.1, 0.15) is 6.61 Å². The molecule has 0 aliphatic heterocycles. The van der Waals surface area contributed by atoms with Crippen LogP contribution in [0.4, 0.5) is 5.69 Å². The molecule has 0 bridgehead atoms. The lowest BCUT2D eigenvalue weighted by atomic mass is 10.0. The first kappa shape index (κ1) is 15.5. The first-order valence-electron chi connectivity index (χ1n) is 6.53. The van der Waals surface area contributed by atoms with Crippen LogP contribution >= 0.6 is 0 Å². The maximum Gasteiger partial charge on any atom is 0.338 e. The molecule has 1 rings (SSSR count). The van der Waals surface area contributed by atoms with Gasteiger partial charge >= 0.3 is 5.97 Å². The minimum atomic E-state index is -0.350. The van der Waals surface area contributed by atoms with Gasteiger partial charge in [0, 0.05) is 12.3 Å². The third-order valence-electron chi connectivity index (χ3n) is 2.74. The van der Waals surface area contributed by atoms with Gasteiger partial charge in [-0.2, -0.15) is 0 Å². The molecule has 1 aromatic carbocycles. The van der Waals surface area contributed by atoms with Crippen molar-refractivity contribution in [1.29, 1.82) is 0 Å². The molecule has 0 amide bonds. The van der Waals surface area contributed by atoms with Crippen LogP contribution in [0.25, 0.3) is 0 Å². The number of benzene rings is 1. The Kier molecular flexibility index (Phi) is 5.83. The van der Waals surface area contributed by atoms with Gasteiger partial charge in [-0.25, -0.2) is 4.79 Å². The molecule has 0 fully saturated rings. The normalized spacial score (nSPS) is 10.8. The number of rotatable bonds is 6. The maximum atomic E-state index is 11.9.